The van der Waals surface area contributed by atoms with Crippen molar-refractivity contribution >= 4 is 54.4 Å². The van der Waals surface area contributed by atoms with Crippen LogP contribution in [0.4, 0.5) is 0 Å². The van der Waals surface area contributed by atoms with Crippen LogP contribution in [0.5, 0.6) is 5.75 Å². The highest BCUT2D eigenvalue weighted by Gasteiger charge is 2.30. The lowest BCUT2D eigenvalue weighted by Gasteiger charge is -2.22. The summed E-state index contributed by atoms with van der Waals surface area (Å²) in [5, 5.41) is 17.6. The fraction of sp³-hybridized carbons (Fsp3) is 0.219. The Bertz CT molecular complexity index is 2140. The summed E-state index contributed by atoms with van der Waals surface area (Å²) < 4.78 is 36.5. The van der Waals surface area contributed by atoms with Crippen molar-refractivity contribution in [3.63, 3.8) is 0 Å². The van der Waals surface area contributed by atoms with E-state index < -0.39 is 34.0 Å². The number of hydrogen-bond donors (Lipinski definition) is 3. The van der Waals surface area contributed by atoms with Gasteiger partial charge in [0, 0.05) is 29.9 Å². The molecule has 1 amide bonds. The molecule has 0 radical (unpaired) electrons. The molecule has 2 atom stereocenters. The van der Waals surface area contributed by atoms with Crippen LogP contribution in [0.2, 0.25) is 0 Å². The zero-order valence-corrected chi connectivity index (χ0v) is 26.8. The highest BCUT2D eigenvalue weighted by atomic mass is 32.2. The van der Waals surface area contributed by atoms with Crippen molar-refractivity contribution in [1.82, 2.24) is 30.3 Å². The van der Waals surface area contributed by atoms with Crippen LogP contribution < -0.4 is 15.2 Å². The van der Waals surface area contributed by atoms with Gasteiger partial charge < -0.3 is 19.8 Å². The lowest BCUT2D eigenvalue weighted by Crippen LogP contribution is -2.46. The molecule has 3 aromatic carbocycles. The maximum absolute atomic E-state index is 13.9. The first-order chi connectivity index (χ1) is 22.7. The number of carbonyl (C=O) groups excluding carboxylic acids is 2. The van der Waals surface area contributed by atoms with Crippen molar-refractivity contribution < 1.29 is 27.5 Å². The van der Waals surface area contributed by atoms with Gasteiger partial charge in [-0.15, -0.1) is 16.4 Å². The maximum Gasteiger partial charge on any atom is 0.328 e. The summed E-state index contributed by atoms with van der Waals surface area (Å²) in [4.78, 5) is 34.3. The number of aromatic nitrogens is 5. The van der Waals surface area contributed by atoms with Crippen LogP contribution in [0, 0.1) is 0 Å². The van der Waals surface area contributed by atoms with E-state index in [0.29, 0.717) is 21.7 Å². The van der Waals surface area contributed by atoms with E-state index in [2.05, 4.69) is 25.6 Å². The van der Waals surface area contributed by atoms with Crippen LogP contribution in [-0.4, -0.2) is 57.9 Å². The van der Waals surface area contributed by atoms with Gasteiger partial charge in [-0.2, -0.15) is 0 Å². The predicted molar refractivity (Wildman–Crippen MR) is 175 cm³/mol. The lowest BCUT2D eigenvalue weighted by atomic mass is 10.0. The van der Waals surface area contributed by atoms with Gasteiger partial charge in [-0.3, -0.25) is 4.79 Å². The molecule has 3 heterocycles. The summed E-state index contributed by atoms with van der Waals surface area (Å²) in [6.07, 6.45) is 3.97. The third-order valence-corrected chi connectivity index (χ3v) is 9.75. The predicted octanol–water partition coefficient (Wildman–Crippen LogP) is 3.67. The van der Waals surface area contributed by atoms with Crippen molar-refractivity contribution in [2.75, 3.05) is 6.61 Å². The molecule has 242 valence electrons. The summed E-state index contributed by atoms with van der Waals surface area (Å²) in [5.41, 5.74) is 3.62. The third kappa shape index (κ3) is 7.48. The topological polar surface area (TPSA) is 184 Å². The lowest BCUT2D eigenvalue weighted by molar-refractivity contribution is -0.147. The van der Waals surface area contributed by atoms with Crippen LogP contribution in [0.15, 0.2) is 89.5 Å². The first-order valence-corrected chi connectivity index (χ1v) is 17.1. The minimum absolute atomic E-state index is 0.0258. The number of nitrogens with zero attached hydrogens (tertiary/aromatic N) is 4. The van der Waals surface area contributed by atoms with E-state index in [1.54, 1.807) is 31.3 Å². The Balaban J connectivity index is 1.21. The van der Waals surface area contributed by atoms with Gasteiger partial charge in [0.2, 0.25) is 10.2 Å². The number of carbonyl (C=O) groups is 2. The number of nitrogens with two attached hydrogens (primary N) is 1. The monoisotopic (exact) mass is 673 g/mol. The van der Waals surface area contributed by atoms with E-state index in [1.165, 1.54) is 4.68 Å². The molecule has 13 nitrogen and oxygen atoms in total. The number of hydrogen-bond acceptors (Lipinski definition) is 10. The molecule has 0 saturated heterocycles. The molecule has 4 N–H and O–H groups in total. The molecule has 3 aromatic heterocycles. The standard InChI is InChI=1S/C32H31N7O6S2/c1-2-44-31(41)27(15-21-17-34-25-11-7-6-10-24(21)25)35-30(40)28(14-20-8-4-3-5-9-20)39-18-22(37-38-39)19-45-23-12-13-26-29(16-23)46-32(36-26)47(33,42)43/h3-13,16-18,27-28,34H,2,14-15,19H2,1H3,(H,35,40)(H2,33,42,43)/t27?,28-/m0/s1. The van der Waals surface area contributed by atoms with E-state index in [0.717, 1.165) is 33.4 Å². The highest BCUT2D eigenvalue weighted by Crippen LogP contribution is 2.28. The number of nitrogens with one attached hydrogen (secondary N) is 2. The van der Waals surface area contributed by atoms with Gasteiger partial charge in [-0.05, 0) is 42.3 Å². The summed E-state index contributed by atoms with van der Waals surface area (Å²) in [7, 11) is -3.92. The van der Waals surface area contributed by atoms with Gasteiger partial charge in [-0.25, -0.2) is 28.0 Å². The van der Waals surface area contributed by atoms with Crippen LogP contribution in [0.3, 0.4) is 0 Å². The summed E-state index contributed by atoms with van der Waals surface area (Å²) in [5.74, 6) is -0.499. The first-order valence-electron chi connectivity index (χ1n) is 14.7. The van der Waals surface area contributed by atoms with Gasteiger partial charge in [0.1, 0.15) is 30.1 Å². The average Bonchev–Trinajstić information content (AvgIpc) is 3.81. The number of amides is 1. The highest BCUT2D eigenvalue weighted by molar-refractivity contribution is 7.91. The van der Waals surface area contributed by atoms with Crippen LogP contribution >= 0.6 is 11.3 Å². The smallest absolute Gasteiger partial charge is 0.328 e. The number of rotatable bonds is 13. The summed E-state index contributed by atoms with van der Waals surface area (Å²) in [6, 6.07) is 20.4. The molecule has 6 aromatic rings. The molecule has 0 aliphatic rings. The summed E-state index contributed by atoms with van der Waals surface area (Å²) >= 11 is 0.948. The Kier molecular flexibility index (Phi) is 9.29. The molecule has 6 rings (SSSR count). The molecule has 15 heteroatoms. The van der Waals surface area contributed by atoms with E-state index in [-0.39, 0.29) is 30.4 Å². The minimum atomic E-state index is -3.92. The van der Waals surface area contributed by atoms with Gasteiger partial charge in [-0.1, -0.05) is 53.7 Å². The zero-order valence-electron chi connectivity index (χ0n) is 25.2. The second-order valence-corrected chi connectivity index (χ2v) is 13.5. The third-order valence-electron chi connectivity index (χ3n) is 7.41. The molecule has 0 spiro atoms. The van der Waals surface area contributed by atoms with Crippen molar-refractivity contribution in [3.05, 3.63) is 102 Å². The van der Waals surface area contributed by atoms with Crippen LogP contribution in [0.25, 0.3) is 21.1 Å². The Morgan fingerprint density at radius 3 is 2.64 bits per heavy atom. The zero-order chi connectivity index (χ0) is 33.0. The largest absolute Gasteiger partial charge is 0.487 e. The minimum Gasteiger partial charge on any atom is -0.487 e. The summed E-state index contributed by atoms with van der Waals surface area (Å²) in [6.45, 7) is 1.91. The van der Waals surface area contributed by atoms with Crippen molar-refractivity contribution in [3.8, 4) is 5.75 Å². The molecule has 47 heavy (non-hydrogen) atoms. The van der Waals surface area contributed by atoms with E-state index in [4.69, 9.17) is 14.6 Å². The number of aromatic amines is 1. The van der Waals surface area contributed by atoms with Crippen LogP contribution in [-0.2, 0) is 43.8 Å². The molecule has 1 unspecified atom stereocenters. The number of H-pyrrole nitrogens is 1. The quantitative estimate of drug-likeness (QED) is 0.154. The molecular formula is C32H31N7O6S2. The fourth-order valence-corrected chi connectivity index (χ4v) is 6.84. The SMILES string of the molecule is CCOC(=O)C(Cc1c[nH]c2ccccc12)NC(=O)[C@H](Cc1ccccc1)n1cc(COc2ccc3nc(S(N)(=O)=O)sc3c2)nn1. The Morgan fingerprint density at radius 2 is 1.85 bits per heavy atom. The number of thiazole rings is 1. The van der Waals surface area contributed by atoms with Gasteiger partial charge >= 0.3 is 5.97 Å². The first kappa shape index (κ1) is 31.8. The normalized spacial score (nSPS) is 13.0. The van der Waals surface area contributed by atoms with E-state index in [1.807, 2.05) is 60.8 Å². The number of esters is 1. The fourth-order valence-electron chi connectivity index (χ4n) is 5.15. The van der Waals surface area contributed by atoms with Gasteiger partial charge in [0.15, 0.2) is 0 Å². The maximum atomic E-state index is 13.9. The number of fused-ring (bicyclic) bond motifs is 2. The molecule has 0 aliphatic heterocycles. The number of sulfonamides is 1. The molecular weight excluding hydrogens is 643 g/mol. The number of primary sulfonamides is 1. The van der Waals surface area contributed by atoms with Crippen molar-refractivity contribution in [2.45, 2.75) is 42.8 Å². The second kappa shape index (κ2) is 13.7. The van der Waals surface area contributed by atoms with Crippen LogP contribution in [0.1, 0.15) is 29.8 Å². The molecule has 0 fully saturated rings. The Hall–Kier alpha value is -5.12. The Labute approximate surface area is 273 Å². The van der Waals surface area contributed by atoms with E-state index in [9.17, 15) is 18.0 Å². The number of ether oxygens (including phenoxy) is 2. The van der Waals surface area contributed by atoms with Gasteiger partial charge in [0.05, 0.1) is 23.0 Å². The molecule has 0 saturated carbocycles. The molecule has 0 aliphatic carbocycles. The van der Waals surface area contributed by atoms with E-state index >= 15 is 0 Å². The average molecular weight is 674 g/mol. The van der Waals surface area contributed by atoms with Gasteiger partial charge in [0.25, 0.3) is 10.0 Å². The second-order valence-electron chi connectivity index (χ2n) is 10.7. The number of para-hydroxylation sites is 1. The Morgan fingerprint density at radius 1 is 1.06 bits per heavy atom. The van der Waals surface area contributed by atoms with Crippen molar-refractivity contribution in [2.24, 2.45) is 5.14 Å². The van der Waals surface area contributed by atoms with Crippen molar-refractivity contribution in [1.29, 1.82) is 0 Å². The number of benzene rings is 3. The molecule has 0 bridgehead atoms.